The summed E-state index contributed by atoms with van der Waals surface area (Å²) in [6.45, 7) is 1.02. The fraction of sp³-hybridized carbons (Fsp3) is 0.240. The molecule has 0 bridgehead atoms. The minimum Gasteiger partial charge on any atom is -0.507 e. The van der Waals surface area contributed by atoms with E-state index in [0.29, 0.717) is 58.8 Å². The van der Waals surface area contributed by atoms with Crippen LogP contribution in [0.4, 0.5) is 13.2 Å². The lowest BCUT2D eigenvalue weighted by molar-refractivity contribution is 0.0843. The van der Waals surface area contributed by atoms with Gasteiger partial charge in [-0.15, -0.1) is 0 Å². The number of phenolic OH excluding ortho intramolecular Hbond substituents is 1. The van der Waals surface area contributed by atoms with Gasteiger partial charge in [0.1, 0.15) is 16.6 Å². The van der Waals surface area contributed by atoms with Gasteiger partial charge in [-0.05, 0) is 43.2 Å². The number of pyridine rings is 1. The normalized spacial score (nSPS) is 15.6. The molecular weight excluding hydrogens is 465 g/mol. The summed E-state index contributed by atoms with van der Waals surface area (Å²) >= 11 is 0. The molecule has 0 amide bonds. The van der Waals surface area contributed by atoms with Crippen molar-refractivity contribution in [3.05, 3.63) is 71.8 Å². The summed E-state index contributed by atoms with van der Waals surface area (Å²) in [6.07, 6.45) is 4.40. The maximum Gasteiger partial charge on any atom is 0.160 e. The van der Waals surface area contributed by atoms with Crippen molar-refractivity contribution in [3.63, 3.8) is 0 Å². The van der Waals surface area contributed by atoms with Crippen LogP contribution in [0.15, 0.2) is 53.7 Å². The van der Waals surface area contributed by atoms with Crippen LogP contribution in [0.25, 0.3) is 27.7 Å². The molecule has 0 radical (unpaired) electrons. The monoisotopic (exact) mass is 486 g/mol. The second-order valence-electron chi connectivity index (χ2n) is 8.24. The summed E-state index contributed by atoms with van der Waals surface area (Å²) in [6, 6.07) is 9.19. The van der Waals surface area contributed by atoms with Crippen LogP contribution in [0, 0.1) is 17.5 Å². The lowest BCUT2D eigenvalue weighted by Gasteiger charge is -2.25. The number of hydrogen-bond donors (Lipinski definition) is 1. The van der Waals surface area contributed by atoms with E-state index >= 15 is 0 Å². The molecule has 4 aromatic rings. The summed E-state index contributed by atoms with van der Waals surface area (Å²) in [4.78, 5) is 4.30. The highest BCUT2D eigenvalue weighted by atomic mass is 32.2. The molecule has 1 unspecified atom stereocenters. The van der Waals surface area contributed by atoms with Crippen molar-refractivity contribution in [2.24, 2.45) is 0 Å². The van der Waals surface area contributed by atoms with Crippen LogP contribution in [0.1, 0.15) is 24.5 Å². The third-order valence-electron chi connectivity index (χ3n) is 6.14. The first-order chi connectivity index (χ1) is 16.3. The standard InChI is InChI=1S/C25H21F3N2O3S/c1-34(32)22-5-2-15(13-29-22)23-24-20(10-16(26)11-21(24)31)30(17-3-4-18(27)19(28)12-17)25(23)14-6-8-33-9-7-14/h2-5,10-14,31H,6-9H2,1H3. The molecule has 34 heavy (non-hydrogen) atoms. The highest BCUT2D eigenvalue weighted by molar-refractivity contribution is 7.84. The van der Waals surface area contributed by atoms with Crippen molar-refractivity contribution < 1.29 is 27.2 Å². The van der Waals surface area contributed by atoms with E-state index < -0.39 is 28.3 Å². The second kappa shape index (κ2) is 8.88. The van der Waals surface area contributed by atoms with E-state index in [-0.39, 0.29) is 11.7 Å². The fourth-order valence-corrected chi connectivity index (χ4v) is 5.09. The summed E-state index contributed by atoms with van der Waals surface area (Å²) < 4.78 is 61.6. The molecule has 0 aliphatic carbocycles. The number of rotatable bonds is 4. The van der Waals surface area contributed by atoms with Crippen molar-refractivity contribution >= 4 is 21.7 Å². The van der Waals surface area contributed by atoms with Gasteiger partial charge in [-0.3, -0.25) is 4.21 Å². The van der Waals surface area contributed by atoms with Gasteiger partial charge in [-0.2, -0.15) is 0 Å². The smallest absolute Gasteiger partial charge is 0.160 e. The van der Waals surface area contributed by atoms with Crippen molar-refractivity contribution in [2.45, 2.75) is 23.8 Å². The third kappa shape index (κ3) is 3.88. The zero-order valence-corrected chi connectivity index (χ0v) is 19.0. The molecule has 9 heteroatoms. The van der Waals surface area contributed by atoms with E-state index in [9.17, 15) is 22.5 Å². The number of ether oxygens (including phenoxy) is 1. The molecular formula is C25H21F3N2O3S. The van der Waals surface area contributed by atoms with Crippen LogP contribution < -0.4 is 0 Å². The largest absolute Gasteiger partial charge is 0.507 e. The molecule has 176 valence electrons. The number of aromatic nitrogens is 2. The highest BCUT2D eigenvalue weighted by Crippen LogP contribution is 2.46. The Labute approximate surface area is 196 Å². The average molecular weight is 487 g/mol. The first kappa shape index (κ1) is 22.6. The highest BCUT2D eigenvalue weighted by Gasteiger charge is 2.30. The number of benzene rings is 2. The third-order valence-corrected chi connectivity index (χ3v) is 6.97. The summed E-state index contributed by atoms with van der Waals surface area (Å²) in [7, 11) is -1.28. The summed E-state index contributed by atoms with van der Waals surface area (Å²) in [5.41, 5.74) is 2.59. The fourth-order valence-electron chi connectivity index (χ4n) is 4.63. The van der Waals surface area contributed by atoms with Gasteiger partial charge in [0.15, 0.2) is 11.6 Å². The maximum absolute atomic E-state index is 14.5. The van der Waals surface area contributed by atoms with Gasteiger partial charge in [0.05, 0.1) is 21.7 Å². The van der Waals surface area contributed by atoms with Gasteiger partial charge in [0.2, 0.25) is 0 Å². The molecule has 1 saturated heterocycles. The van der Waals surface area contributed by atoms with Crippen LogP contribution in [-0.2, 0) is 15.5 Å². The molecule has 0 spiro atoms. The number of phenols is 1. The van der Waals surface area contributed by atoms with E-state index in [1.807, 2.05) is 0 Å². The SMILES string of the molecule is CS(=O)c1ccc(-c2c(C3CCOCC3)n(-c3ccc(F)c(F)c3)c3cc(F)cc(O)c23)cn1. The van der Waals surface area contributed by atoms with Gasteiger partial charge in [-0.25, -0.2) is 18.2 Å². The first-order valence-electron chi connectivity index (χ1n) is 10.7. The molecule has 1 fully saturated rings. The van der Waals surface area contributed by atoms with Gasteiger partial charge in [0, 0.05) is 66.2 Å². The lowest BCUT2D eigenvalue weighted by Crippen LogP contribution is -2.17. The van der Waals surface area contributed by atoms with Gasteiger partial charge < -0.3 is 14.4 Å². The Hall–Kier alpha value is -3.17. The van der Waals surface area contributed by atoms with Crippen LogP contribution in [-0.4, -0.2) is 38.3 Å². The number of fused-ring (bicyclic) bond motifs is 1. The number of hydrogen-bond acceptors (Lipinski definition) is 4. The van der Waals surface area contributed by atoms with Crippen LogP contribution in [0.2, 0.25) is 0 Å². The Morgan fingerprint density at radius 3 is 2.47 bits per heavy atom. The van der Waals surface area contributed by atoms with E-state index in [1.165, 1.54) is 18.4 Å². The van der Waals surface area contributed by atoms with E-state index in [4.69, 9.17) is 4.74 Å². The number of halogens is 3. The molecule has 1 atom stereocenters. The Morgan fingerprint density at radius 1 is 1.06 bits per heavy atom. The first-order valence-corrected chi connectivity index (χ1v) is 12.3. The zero-order valence-electron chi connectivity index (χ0n) is 18.2. The quantitative estimate of drug-likeness (QED) is 0.417. The van der Waals surface area contributed by atoms with Gasteiger partial charge >= 0.3 is 0 Å². The molecule has 1 aliphatic rings. The van der Waals surface area contributed by atoms with Crippen molar-refractivity contribution in [1.29, 1.82) is 0 Å². The van der Waals surface area contributed by atoms with Crippen molar-refractivity contribution in [2.75, 3.05) is 19.5 Å². The second-order valence-corrected chi connectivity index (χ2v) is 9.57. The van der Waals surface area contributed by atoms with Crippen LogP contribution in [0.3, 0.4) is 0 Å². The van der Waals surface area contributed by atoms with Crippen LogP contribution in [0.5, 0.6) is 5.75 Å². The predicted octanol–water partition coefficient (Wildman–Crippen LogP) is 5.45. The molecule has 0 saturated carbocycles. The average Bonchev–Trinajstić information content (AvgIpc) is 3.16. The Kier molecular flexibility index (Phi) is 5.91. The maximum atomic E-state index is 14.5. The summed E-state index contributed by atoms with van der Waals surface area (Å²) in [5.74, 6) is -3.02. The molecule has 5 nitrogen and oxygen atoms in total. The van der Waals surface area contributed by atoms with Gasteiger partial charge in [0.25, 0.3) is 0 Å². The topological polar surface area (TPSA) is 64.3 Å². The number of nitrogens with zero attached hydrogens (tertiary/aromatic N) is 2. The van der Waals surface area contributed by atoms with Gasteiger partial charge in [-0.1, -0.05) is 0 Å². The van der Waals surface area contributed by atoms with Crippen molar-refractivity contribution in [3.8, 4) is 22.6 Å². The van der Waals surface area contributed by atoms with E-state index in [2.05, 4.69) is 4.98 Å². The predicted molar refractivity (Wildman–Crippen MR) is 123 cm³/mol. The molecule has 3 heterocycles. The van der Waals surface area contributed by atoms with E-state index in [1.54, 1.807) is 22.9 Å². The Balaban J connectivity index is 1.89. The minimum atomic E-state index is -1.28. The lowest BCUT2D eigenvalue weighted by atomic mass is 9.90. The molecule has 1 aliphatic heterocycles. The Morgan fingerprint density at radius 2 is 1.82 bits per heavy atom. The van der Waals surface area contributed by atoms with E-state index in [0.717, 1.165) is 23.9 Å². The molecule has 5 rings (SSSR count). The van der Waals surface area contributed by atoms with Crippen LogP contribution >= 0.6 is 0 Å². The zero-order chi connectivity index (χ0) is 24.0. The molecule has 2 aromatic heterocycles. The molecule has 2 aromatic carbocycles. The van der Waals surface area contributed by atoms with Crippen molar-refractivity contribution in [1.82, 2.24) is 9.55 Å². The minimum absolute atomic E-state index is 0.0632. The Bertz CT molecular complexity index is 1410. The molecule has 1 N–H and O–H groups in total. The summed E-state index contributed by atoms with van der Waals surface area (Å²) in [5, 5.41) is 11.6. The number of aromatic hydroxyl groups is 1.